The van der Waals surface area contributed by atoms with Crippen LogP contribution in [0.25, 0.3) is 0 Å². The van der Waals surface area contributed by atoms with Crippen LogP contribution in [0.15, 0.2) is 17.3 Å². The highest BCUT2D eigenvalue weighted by Crippen LogP contribution is 2.26. The average molecular weight is 215 g/mol. The molecular formula is C7H9N3O3S. The Hall–Kier alpha value is -1.21. The Bertz CT molecular complexity index is 441. The van der Waals surface area contributed by atoms with Gasteiger partial charge < -0.3 is 4.74 Å². The smallest absolute Gasteiger partial charge is 0.257 e. The van der Waals surface area contributed by atoms with Gasteiger partial charge in [0.15, 0.2) is 5.03 Å². The Morgan fingerprint density at radius 3 is 2.79 bits per heavy atom. The molecule has 0 aliphatic heterocycles. The highest BCUT2D eigenvalue weighted by atomic mass is 32.2. The quantitative estimate of drug-likeness (QED) is 0.744. The zero-order valence-electron chi connectivity index (χ0n) is 7.25. The Kier molecular flexibility index (Phi) is 2.12. The molecule has 0 amide bonds. The first-order chi connectivity index (χ1) is 6.55. The number of nitrogens with two attached hydrogens (primary N) is 1. The number of nitrogens with zero attached hydrogens (tertiary/aromatic N) is 2. The van der Waals surface area contributed by atoms with E-state index in [1.807, 2.05) is 0 Å². The van der Waals surface area contributed by atoms with Gasteiger partial charge in [0.1, 0.15) is 5.75 Å². The minimum Gasteiger partial charge on any atom is -0.489 e. The first-order valence-corrected chi connectivity index (χ1v) is 5.62. The van der Waals surface area contributed by atoms with Crippen molar-refractivity contribution in [3.05, 3.63) is 12.3 Å². The standard InChI is InChI=1S/C7H9N3O3S/c8-14(11,12)7-3-6(4-9-10-7)13-5-1-2-5/h3-5H,1-2H2,(H2,8,11,12). The van der Waals surface area contributed by atoms with E-state index in [-0.39, 0.29) is 11.1 Å². The first-order valence-electron chi connectivity index (χ1n) is 4.08. The lowest BCUT2D eigenvalue weighted by atomic mass is 10.5. The molecule has 7 heteroatoms. The van der Waals surface area contributed by atoms with Gasteiger partial charge in [-0.15, -0.1) is 5.10 Å². The van der Waals surface area contributed by atoms with Crippen LogP contribution in [0, 0.1) is 0 Å². The van der Waals surface area contributed by atoms with Gasteiger partial charge in [0.05, 0.1) is 12.3 Å². The van der Waals surface area contributed by atoms with E-state index < -0.39 is 10.0 Å². The van der Waals surface area contributed by atoms with Crippen molar-refractivity contribution in [1.29, 1.82) is 0 Å². The minimum absolute atomic E-state index is 0.188. The molecule has 0 spiro atoms. The average Bonchev–Trinajstić information content (AvgIpc) is 2.87. The van der Waals surface area contributed by atoms with Gasteiger partial charge in [0, 0.05) is 6.07 Å². The van der Waals surface area contributed by atoms with E-state index in [9.17, 15) is 8.42 Å². The van der Waals surface area contributed by atoms with Crippen LogP contribution in [0.1, 0.15) is 12.8 Å². The van der Waals surface area contributed by atoms with Gasteiger partial charge in [-0.1, -0.05) is 0 Å². The molecule has 1 heterocycles. The Labute approximate surface area is 81.1 Å². The predicted molar refractivity (Wildman–Crippen MR) is 47.1 cm³/mol. The maximum Gasteiger partial charge on any atom is 0.257 e. The molecule has 0 bridgehead atoms. The van der Waals surface area contributed by atoms with E-state index in [2.05, 4.69) is 10.2 Å². The molecule has 1 fully saturated rings. The van der Waals surface area contributed by atoms with Crippen LogP contribution in [0.2, 0.25) is 0 Å². The van der Waals surface area contributed by atoms with Gasteiger partial charge in [-0.3, -0.25) is 0 Å². The summed E-state index contributed by atoms with van der Waals surface area (Å²) in [7, 11) is -3.79. The summed E-state index contributed by atoms with van der Waals surface area (Å²) in [6, 6.07) is 1.28. The molecule has 1 aliphatic rings. The molecule has 1 aromatic heterocycles. The van der Waals surface area contributed by atoms with Crippen molar-refractivity contribution in [3.8, 4) is 5.75 Å². The highest BCUT2D eigenvalue weighted by molar-refractivity contribution is 7.89. The van der Waals surface area contributed by atoms with E-state index in [1.165, 1.54) is 12.3 Å². The Morgan fingerprint density at radius 1 is 1.50 bits per heavy atom. The van der Waals surface area contributed by atoms with Crippen molar-refractivity contribution in [2.45, 2.75) is 24.0 Å². The summed E-state index contributed by atoms with van der Waals surface area (Å²) >= 11 is 0. The van der Waals surface area contributed by atoms with Crippen molar-refractivity contribution < 1.29 is 13.2 Å². The van der Waals surface area contributed by atoms with Crippen molar-refractivity contribution in [3.63, 3.8) is 0 Å². The fourth-order valence-corrected chi connectivity index (χ4v) is 1.35. The second kappa shape index (κ2) is 3.18. The highest BCUT2D eigenvalue weighted by Gasteiger charge is 2.24. The number of aromatic nitrogens is 2. The van der Waals surface area contributed by atoms with Crippen molar-refractivity contribution in [2.24, 2.45) is 5.14 Å². The summed E-state index contributed by atoms with van der Waals surface area (Å²) in [6.07, 6.45) is 3.54. The summed E-state index contributed by atoms with van der Waals surface area (Å²) in [6.45, 7) is 0. The topological polar surface area (TPSA) is 95.2 Å². The van der Waals surface area contributed by atoms with Crippen molar-refractivity contribution >= 4 is 10.0 Å². The largest absolute Gasteiger partial charge is 0.489 e. The summed E-state index contributed by atoms with van der Waals surface area (Å²) < 4.78 is 27.2. The molecule has 76 valence electrons. The van der Waals surface area contributed by atoms with E-state index in [0.717, 1.165) is 12.8 Å². The van der Waals surface area contributed by atoms with Gasteiger partial charge in [0.2, 0.25) is 0 Å². The van der Waals surface area contributed by atoms with Gasteiger partial charge in [-0.05, 0) is 12.8 Å². The molecule has 1 saturated carbocycles. The molecule has 0 unspecified atom stereocenters. The normalized spacial score (nSPS) is 16.6. The number of hydrogen-bond acceptors (Lipinski definition) is 5. The molecule has 0 atom stereocenters. The number of ether oxygens (including phenoxy) is 1. The molecule has 0 radical (unpaired) electrons. The molecule has 2 rings (SSSR count). The number of primary sulfonamides is 1. The van der Waals surface area contributed by atoms with E-state index >= 15 is 0 Å². The Balaban J connectivity index is 2.26. The minimum atomic E-state index is -3.79. The third-order valence-corrected chi connectivity index (χ3v) is 2.51. The third kappa shape index (κ3) is 2.18. The van der Waals surface area contributed by atoms with Crippen LogP contribution >= 0.6 is 0 Å². The molecule has 1 aromatic rings. The maximum absolute atomic E-state index is 10.9. The second-order valence-electron chi connectivity index (χ2n) is 3.09. The van der Waals surface area contributed by atoms with Crippen LogP contribution in [0.5, 0.6) is 5.75 Å². The van der Waals surface area contributed by atoms with Crippen LogP contribution in [0.3, 0.4) is 0 Å². The lowest BCUT2D eigenvalue weighted by molar-refractivity contribution is 0.300. The molecule has 0 saturated heterocycles. The lowest BCUT2D eigenvalue weighted by Crippen LogP contribution is -2.14. The third-order valence-electron chi connectivity index (χ3n) is 1.73. The number of sulfonamides is 1. The molecule has 0 aromatic carbocycles. The fourth-order valence-electron chi connectivity index (χ4n) is 0.912. The monoisotopic (exact) mass is 215 g/mol. The van der Waals surface area contributed by atoms with Crippen LogP contribution in [-0.2, 0) is 10.0 Å². The molecule has 1 aliphatic carbocycles. The number of rotatable bonds is 3. The summed E-state index contributed by atoms with van der Waals surface area (Å²) in [5, 5.41) is 11.5. The van der Waals surface area contributed by atoms with Crippen LogP contribution < -0.4 is 9.88 Å². The van der Waals surface area contributed by atoms with Crippen molar-refractivity contribution in [2.75, 3.05) is 0 Å². The van der Waals surface area contributed by atoms with Crippen molar-refractivity contribution in [1.82, 2.24) is 10.2 Å². The molecular weight excluding hydrogens is 206 g/mol. The van der Waals surface area contributed by atoms with Gasteiger partial charge in [0.25, 0.3) is 10.0 Å². The Morgan fingerprint density at radius 2 is 2.21 bits per heavy atom. The van der Waals surface area contributed by atoms with Gasteiger partial charge >= 0.3 is 0 Å². The summed E-state index contributed by atoms with van der Waals surface area (Å²) in [5.74, 6) is 0.395. The van der Waals surface area contributed by atoms with Crippen LogP contribution in [0.4, 0.5) is 0 Å². The number of hydrogen-bond donors (Lipinski definition) is 1. The fraction of sp³-hybridized carbons (Fsp3) is 0.429. The summed E-state index contributed by atoms with van der Waals surface area (Å²) in [4.78, 5) is 0. The van der Waals surface area contributed by atoms with Crippen LogP contribution in [-0.4, -0.2) is 24.7 Å². The van der Waals surface area contributed by atoms with E-state index in [4.69, 9.17) is 9.88 Å². The second-order valence-corrected chi connectivity index (χ2v) is 4.60. The van der Waals surface area contributed by atoms with E-state index in [0.29, 0.717) is 5.75 Å². The molecule has 2 N–H and O–H groups in total. The van der Waals surface area contributed by atoms with Gasteiger partial charge in [-0.2, -0.15) is 5.10 Å². The zero-order valence-corrected chi connectivity index (χ0v) is 8.07. The predicted octanol–water partition coefficient (Wildman–Crippen LogP) is -0.335. The lowest BCUT2D eigenvalue weighted by Gasteiger charge is -2.03. The summed E-state index contributed by atoms with van der Waals surface area (Å²) in [5.41, 5.74) is 0. The molecule has 6 nitrogen and oxygen atoms in total. The van der Waals surface area contributed by atoms with E-state index in [1.54, 1.807) is 0 Å². The maximum atomic E-state index is 10.9. The molecule has 14 heavy (non-hydrogen) atoms. The SMILES string of the molecule is NS(=O)(=O)c1cc(OC2CC2)cnn1. The van der Waals surface area contributed by atoms with Gasteiger partial charge in [-0.25, -0.2) is 13.6 Å². The zero-order chi connectivity index (χ0) is 10.2. The first kappa shape index (κ1) is 9.35.